The Hall–Kier alpha value is -1.33. The van der Waals surface area contributed by atoms with E-state index in [1.165, 1.54) is 0 Å². The highest BCUT2D eigenvalue weighted by Crippen LogP contribution is 2.25. The van der Waals surface area contributed by atoms with Gasteiger partial charge in [-0.05, 0) is 24.6 Å². The van der Waals surface area contributed by atoms with Gasteiger partial charge in [0.1, 0.15) is 5.01 Å². The van der Waals surface area contributed by atoms with Crippen LogP contribution in [0.5, 0.6) is 0 Å². The zero-order valence-corrected chi connectivity index (χ0v) is 10.8. The fourth-order valence-electron chi connectivity index (χ4n) is 1.39. The zero-order chi connectivity index (χ0) is 12.3. The molecule has 0 radical (unpaired) electrons. The molecule has 1 aromatic carbocycles. The van der Waals surface area contributed by atoms with Crippen LogP contribution in [0.25, 0.3) is 0 Å². The lowest BCUT2D eigenvalue weighted by atomic mass is 10.1. The third-order valence-electron chi connectivity index (χ3n) is 2.29. The number of aryl methyl sites for hydroxylation is 1. The molecule has 88 valence electrons. The average Bonchev–Trinajstić information content (AvgIpc) is 2.80. The molecule has 0 bridgehead atoms. The first-order valence-corrected chi connectivity index (χ1v) is 6.88. The third kappa shape index (κ3) is 3.08. The van der Waals surface area contributed by atoms with Crippen molar-refractivity contribution in [2.45, 2.75) is 17.6 Å². The van der Waals surface area contributed by atoms with Gasteiger partial charge in [0.25, 0.3) is 0 Å². The van der Waals surface area contributed by atoms with Crippen molar-refractivity contribution in [2.24, 2.45) is 0 Å². The van der Waals surface area contributed by atoms with Gasteiger partial charge in [-0.2, -0.15) is 0 Å². The Balaban J connectivity index is 2.11. The number of thioether (sulfide) groups is 1. The first kappa shape index (κ1) is 12.1. The normalized spacial score (nSPS) is 10.4. The van der Waals surface area contributed by atoms with Crippen LogP contribution in [0.2, 0.25) is 0 Å². The highest BCUT2D eigenvalue weighted by Gasteiger charge is 2.08. The van der Waals surface area contributed by atoms with Crippen LogP contribution in [0.15, 0.2) is 34.7 Å². The van der Waals surface area contributed by atoms with Crippen molar-refractivity contribution in [3.05, 3.63) is 45.9 Å². The SMILES string of the molecule is Cc1ccc(SCc2nccs2)cc1C(=O)O. The van der Waals surface area contributed by atoms with Crippen LogP contribution in [-0.2, 0) is 5.75 Å². The fraction of sp³-hybridized carbons (Fsp3) is 0.167. The number of thiazole rings is 1. The van der Waals surface area contributed by atoms with E-state index in [1.54, 1.807) is 42.3 Å². The molecular formula is C12H11NO2S2. The lowest BCUT2D eigenvalue weighted by Crippen LogP contribution is -1.99. The van der Waals surface area contributed by atoms with Crippen LogP contribution in [0.1, 0.15) is 20.9 Å². The molecule has 1 heterocycles. The maximum atomic E-state index is 11.0. The summed E-state index contributed by atoms with van der Waals surface area (Å²) < 4.78 is 0. The summed E-state index contributed by atoms with van der Waals surface area (Å²) >= 11 is 3.21. The highest BCUT2D eigenvalue weighted by molar-refractivity contribution is 7.98. The number of aromatic carboxylic acids is 1. The van der Waals surface area contributed by atoms with E-state index in [0.29, 0.717) is 5.56 Å². The van der Waals surface area contributed by atoms with Crippen LogP contribution in [0.3, 0.4) is 0 Å². The van der Waals surface area contributed by atoms with E-state index in [0.717, 1.165) is 21.2 Å². The number of nitrogens with zero attached hydrogens (tertiary/aromatic N) is 1. The van der Waals surface area contributed by atoms with Crippen LogP contribution >= 0.6 is 23.1 Å². The first-order chi connectivity index (χ1) is 8.16. The van der Waals surface area contributed by atoms with Gasteiger partial charge in [-0.25, -0.2) is 9.78 Å². The number of carboxylic acids is 1. The van der Waals surface area contributed by atoms with Crippen LogP contribution < -0.4 is 0 Å². The van der Waals surface area contributed by atoms with Gasteiger partial charge >= 0.3 is 5.97 Å². The van der Waals surface area contributed by atoms with Crippen LogP contribution in [0.4, 0.5) is 0 Å². The fourth-order valence-corrected chi connectivity index (χ4v) is 2.97. The van der Waals surface area contributed by atoms with E-state index < -0.39 is 5.97 Å². The number of aromatic nitrogens is 1. The standard InChI is InChI=1S/C12H11NO2S2/c1-8-2-3-9(6-10(8)12(14)15)17-7-11-13-4-5-16-11/h2-6H,7H2,1H3,(H,14,15). The molecule has 1 aromatic heterocycles. The van der Waals surface area contributed by atoms with Crippen molar-refractivity contribution in [1.82, 2.24) is 4.98 Å². The highest BCUT2D eigenvalue weighted by atomic mass is 32.2. The molecule has 3 nitrogen and oxygen atoms in total. The smallest absolute Gasteiger partial charge is 0.335 e. The van der Waals surface area contributed by atoms with E-state index in [2.05, 4.69) is 4.98 Å². The molecule has 0 aliphatic heterocycles. The topological polar surface area (TPSA) is 50.2 Å². The molecule has 0 spiro atoms. The molecule has 0 unspecified atom stereocenters. The summed E-state index contributed by atoms with van der Waals surface area (Å²) in [5.74, 6) is -0.0982. The third-order valence-corrected chi connectivity index (χ3v) is 4.25. The van der Waals surface area contributed by atoms with Crippen molar-refractivity contribution in [2.75, 3.05) is 0 Å². The van der Waals surface area contributed by atoms with Gasteiger partial charge < -0.3 is 5.11 Å². The van der Waals surface area contributed by atoms with Gasteiger partial charge in [-0.3, -0.25) is 0 Å². The molecule has 0 aliphatic rings. The van der Waals surface area contributed by atoms with Crippen molar-refractivity contribution >= 4 is 29.1 Å². The first-order valence-electron chi connectivity index (χ1n) is 5.02. The van der Waals surface area contributed by atoms with Crippen LogP contribution in [-0.4, -0.2) is 16.1 Å². The summed E-state index contributed by atoms with van der Waals surface area (Å²) in [6, 6.07) is 5.50. The average molecular weight is 265 g/mol. The Kier molecular flexibility index (Phi) is 3.81. The monoisotopic (exact) mass is 265 g/mol. The Morgan fingerprint density at radius 2 is 2.35 bits per heavy atom. The van der Waals surface area contributed by atoms with E-state index in [-0.39, 0.29) is 0 Å². The van der Waals surface area contributed by atoms with Gasteiger partial charge in [0.05, 0.1) is 11.3 Å². The lowest BCUT2D eigenvalue weighted by Gasteiger charge is -2.04. The summed E-state index contributed by atoms with van der Waals surface area (Å²) in [6.45, 7) is 1.80. The molecule has 17 heavy (non-hydrogen) atoms. The molecule has 0 fully saturated rings. The predicted octanol–water partition coefficient (Wildman–Crippen LogP) is 3.44. The molecular weight excluding hydrogens is 254 g/mol. The minimum absolute atomic E-state index is 0.370. The predicted molar refractivity (Wildman–Crippen MR) is 69.8 cm³/mol. The number of rotatable bonds is 4. The summed E-state index contributed by atoms with van der Waals surface area (Å²) in [6.07, 6.45) is 1.78. The molecule has 0 atom stereocenters. The van der Waals surface area contributed by atoms with Crippen molar-refractivity contribution < 1.29 is 9.90 Å². The second-order valence-electron chi connectivity index (χ2n) is 3.50. The van der Waals surface area contributed by atoms with Gasteiger partial charge in [-0.1, -0.05) is 6.07 Å². The number of carbonyl (C=O) groups is 1. The number of hydrogen-bond donors (Lipinski definition) is 1. The Morgan fingerprint density at radius 1 is 1.53 bits per heavy atom. The summed E-state index contributed by atoms with van der Waals surface area (Å²) in [5, 5.41) is 12.0. The number of benzene rings is 1. The molecule has 2 rings (SSSR count). The minimum atomic E-state index is -0.876. The van der Waals surface area contributed by atoms with E-state index in [9.17, 15) is 4.79 Å². The van der Waals surface area contributed by atoms with Crippen molar-refractivity contribution in [1.29, 1.82) is 0 Å². The van der Waals surface area contributed by atoms with E-state index >= 15 is 0 Å². The van der Waals surface area contributed by atoms with Crippen molar-refractivity contribution in [3.63, 3.8) is 0 Å². The summed E-state index contributed by atoms with van der Waals surface area (Å²) in [4.78, 5) is 16.1. The number of carboxylic acid groups (broad SMARTS) is 1. The minimum Gasteiger partial charge on any atom is -0.478 e. The van der Waals surface area contributed by atoms with Gasteiger partial charge in [0.2, 0.25) is 0 Å². The summed E-state index contributed by atoms with van der Waals surface area (Å²) in [7, 11) is 0. The van der Waals surface area contributed by atoms with Gasteiger partial charge in [0, 0.05) is 16.5 Å². The van der Waals surface area contributed by atoms with E-state index in [4.69, 9.17) is 5.11 Å². The Labute approximate surface area is 108 Å². The quantitative estimate of drug-likeness (QED) is 0.860. The lowest BCUT2D eigenvalue weighted by molar-refractivity contribution is 0.0696. The van der Waals surface area contributed by atoms with Crippen LogP contribution in [0, 0.1) is 6.92 Å². The Morgan fingerprint density at radius 3 is 3.00 bits per heavy atom. The second kappa shape index (κ2) is 5.33. The second-order valence-corrected chi connectivity index (χ2v) is 5.52. The molecule has 2 aromatic rings. The number of hydrogen-bond acceptors (Lipinski definition) is 4. The molecule has 0 amide bonds. The molecule has 0 saturated carbocycles. The zero-order valence-electron chi connectivity index (χ0n) is 9.21. The molecule has 0 saturated heterocycles. The maximum Gasteiger partial charge on any atom is 0.335 e. The molecule has 5 heteroatoms. The van der Waals surface area contributed by atoms with Crippen molar-refractivity contribution in [3.8, 4) is 0 Å². The largest absolute Gasteiger partial charge is 0.478 e. The summed E-state index contributed by atoms with van der Waals surface area (Å²) in [5.41, 5.74) is 1.16. The maximum absolute atomic E-state index is 11.0. The Bertz CT molecular complexity index is 523. The van der Waals surface area contributed by atoms with Gasteiger partial charge in [-0.15, -0.1) is 23.1 Å². The molecule has 0 aliphatic carbocycles. The molecule has 1 N–H and O–H groups in total. The van der Waals surface area contributed by atoms with E-state index in [1.807, 2.05) is 17.5 Å². The van der Waals surface area contributed by atoms with Gasteiger partial charge in [0.15, 0.2) is 0 Å².